The predicted molar refractivity (Wildman–Crippen MR) is 110 cm³/mol. The van der Waals surface area contributed by atoms with Gasteiger partial charge in [-0.25, -0.2) is 4.98 Å². The van der Waals surface area contributed by atoms with E-state index in [-0.39, 0.29) is 6.04 Å². The molecule has 3 N–H and O–H groups in total. The van der Waals surface area contributed by atoms with E-state index in [9.17, 15) is 0 Å². The summed E-state index contributed by atoms with van der Waals surface area (Å²) >= 11 is 0. The summed E-state index contributed by atoms with van der Waals surface area (Å²) in [6, 6.07) is 11.7. The van der Waals surface area contributed by atoms with Crippen LogP contribution in [0.4, 0.5) is 0 Å². The summed E-state index contributed by atoms with van der Waals surface area (Å²) in [6.07, 6.45) is 4.54. The molecule has 0 amide bonds. The number of nitrogens with two attached hydrogens (primary N) is 1. The van der Waals surface area contributed by atoms with Crippen molar-refractivity contribution < 1.29 is 0 Å². The van der Waals surface area contributed by atoms with Crippen LogP contribution < -0.4 is 11.1 Å². The van der Waals surface area contributed by atoms with Crippen molar-refractivity contribution in [1.82, 2.24) is 19.8 Å². The van der Waals surface area contributed by atoms with E-state index in [4.69, 9.17) is 10.7 Å². The molecule has 1 fully saturated rings. The number of hydrogen-bond acceptors (Lipinski definition) is 4. The third kappa shape index (κ3) is 3.96. The number of nitrogens with one attached hydrogen (secondary N) is 1. The lowest BCUT2D eigenvalue weighted by Gasteiger charge is -2.38. The topological polar surface area (TPSA) is 59.1 Å². The second kappa shape index (κ2) is 8.13. The van der Waals surface area contributed by atoms with Crippen LogP contribution in [0.5, 0.6) is 0 Å². The Kier molecular flexibility index (Phi) is 5.62. The molecule has 1 unspecified atom stereocenters. The molecule has 0 bridgehead atoms. The van der Waals surface area contributed by atoms with Crippen LogP contribution in [0.1, 0.15) is 61.0 Å². The third-order valence-electron chi connectivity index (χ3n) is 6.41. The zero-order valence-electron chi connectivity index (χ0n) is 16.7. The highest BCUT2D eigenvalue weighted by Gasteiger charge is 2.28. The number of piperidine rings is 1. The minimum Gasteiger partial charge on any atom is -0.329 e. The number of hydrogen-bond donors (Lipinski definition) is 2. The number of fused-ring (bicyclic) bond motifs is 1. The summed E-state index contributed by atoms with van der Waals surface area (Å²) in [5.74, 6) is 1.20. The Morgan fingerprint density at radius 3 is 2.70 bits per heavy atom. The number of imidazole rings is 1. The molecule has 2 atom stereocenters. The number of rotatable bonds is 5. The fourth-order valence-corrected chi connectivity index (χ4v) is 4.89. The van der Waals surface area contributed by atoms with Crippen molar-refractivity contribution in [3.8, 4) is 0 Å². The molecular formula is C22H33N5. The second-order valence-corrected chi connectivity index (χ2v) is 8.22. The largest absolute Gasteiger partial charge is 0.329 e. The Balaban J connectivity index is 1.36. The van der Waals surface area contributed by atoms with Gasteiger partial charge >= 0.3 is 0 Å². The number of likely N-dealkylation sites (tertiary alicyclic amines) is 1. The highest BCUT2D eigenvalue weighted by atomic mass is 15.2. The summed E-state index contributed by atoms with van der Waals surface area (Å²) in [5.41, 5.74) is 10.4. The fourth-order valence-electron chi connectivity index (χ4n) is 4.89. The first-order valence-electron chi connectivity index (χ1n) is 10.5. The molecule has 0 aliphatic carbocycles. The molecule has 0 radical (unpaired) electrons. The highest BCUT2D eigenvalue weighted by molar-refractivity contribution is 5.21. The normalized spacial score (nSPS) is 21.0. The van der Waals surface area contributed by atoms with Crippen molar-refractivity contribution in [3.05, 3.63) is 53.1 Å². The van der Waals surface area contributed by atoms with Gasteiger partial charge in [-0.2, -0.15) is 0 Å². The van der Waals surface area contributed by atoms with Crippen molar-refractivity contribution >= 4 is 0 Å². The molecule has 146 valence electrons. The molecule has 27 heavy (non-hydrogen) atoms. The second-order valence-electron chi connectivity index (χ2n) is 8.22. The molecule has 5 heteroatoms. The Morgan fingerprint density at radius 2 is 1.96 bits per heavy atom. The summed E-state index contributed by atoms with van der Waals surface area (Å²) in [4.78, 5) is 7.45. The number of aryl methyl sites for hydroxylation is 1. The molecule has 2 aromatic rings. The van der Waals surface area contributed by atoms with E-state index in [2.05, 4.69) is 59.0 Å². The van der Waals surface area contributed by atoms with Crippen LogP contribution in [0, 0.1) is 6.92 Å². The van der Waals surface area contributed by atoms with Crippen LogP contribution in [0.2, 0.25) is 0 Å². The van der Waals surface area contributed by atoms with Crippen LogP contribution in [0.15, 0.2) is 30.3 Å². The average Bonchev–Trinajstić information content (AvgIpc) is 3.04. The van der Waals surface area contributed by atoms with Gasteiger partial charge in [-0.15, -0.1) is 0 Å². The van der Waals surface area contributed by atoms with Crippen LogP contribution in [0.3, 0.4) is 0 Å². The molecular weight excluding hydrogens is 334 g/mol. The van der Waals surface area contributed by atoms with Gasteiger partial charge in [0.05, 0.1) is 5.69 Å². The Bertz CT molecular complexity index is 746. The van der Waals surface area contributed by atoms with Gasteiger partial charge < -0.3 is 20.5 Å². The van der Waals surface area contributed by atoms with Gasteiger partial charge in [0.2, 0.25) is 0 Å². The quantitative estimate of drug-likeness (QED) is 0.853. The van der Waals surface area contributed by atoms with Gasteiger partial charge in [-0.3, -0.25) is 0 Å². The number of aromatic nitrogens is 2. The zero-order valence-corrected chi connectivity index (χ0v) is 16.7. The van der Waals surface area contributed by atoms with E-state index in [0.29, 0.717) is 12.1 Å². The van der Waals surface area contributed by atoms with Crippen molar-refractivity contribution in [1.29, 1.82) is 0 Å². The monoisotopic (exact) mass is 367 g/mol. The van der Waals surface area contributed by atoms with Gasteiger partial charge in [-0.05, 0) is 38.7 Å². The summed E-state index contributed by atoms with van der Waals surface area (Å²) in [5, 5.41) is 3.44. The SMILES string of the molecule is Cc1nc2c(n1C1CCN(C(C)C[C@H](N)c3ccccc3)CC1)CCNC2. The first kappa shape index (κ1) is 18.7. The van der Waals surface area contributed by atoms with E-state index in [0.717, 1.165) is 39.0 Å². The first-order valence-corrected chi connectivity index (χ1v) is 10.5. The number of nitrogens with zero attached hydrogens (tertiary/aromatic N) is 3. The molecule has 5 nitrogen and oxygen atoms in total. The molecule has 0 spiro atoms. The van der Waals surface area contributed by atoms with E-state index in [1.165, 1.54) is 35.6 Å². The predicted octanol–water partition coefficient (Wildman–Crippen LogP) is 2.95. The Labute approximate surface area is 163 Å². The van der Waals surface area contributed by atoms with E-state index in [1.54, 1.807) is 0 Å². The van der Waals surface area contributed by atoms with Crippen molar-refractivity contribution in [2.45, 2.75) is 64.2 Å². The Morgan fingerprint density at radius 1 is 1.22 bits per heavy atom. The molecule has 1 aromatic heterocycles. The lowest BCUT2D eigenvalue weighted by atomic mass is 9.97. The molecule has 0 saturated carbocycles. The summed E-state index contributed by atoms with van der Waals surface area (Å²) in [6.45, 7) is 8.81. The van der Waals surface area contributed by atoms with Gasteiger partial charge in [0.15, 0.2) is 0 Å². The van der Waals surface area contributed by atoms with Crippen LogP contribution in [-0.2, 0) is 13.0 Å². The molecule has 3 heterocycles. The van der Waals surface area contributed by atoms with Crippen molar-refractivity contribution in [2.24, 2.45) is 5.73 Å². The lowest BCUT2D eigenvalue weighted by molar-refractivity contribution is 0.131. The zero-order chi connectivity index (χ0) is 18.8. The molecule has 1 saturated heterocycles. The van der Waals surface area contributed by atoms with E-state index in [1.807, 2.05) is 0 Å². The van der Waals surface area contributed by atoms with Gasteiger partial charge in [0.1, 0.15) is 5.82 Å². The maximum atomic E-state index is 6.46. The van der Waals surface area contributed by atoms with Crippen molar-refractivity contribution in [3.63, 3.8) is 0 Å². The first-order chi connectivity index (χ1) is 13.1. The third-order valence-corrected chi connectivity index (χ3v) is 6.41. The maximum Gasteiger partial charge on any atom is 0.106 e. The number of benzene rings is 1. The summed E-state index contributed by atoms with van der Waals surface area (Å²) in [7, 11) is 0. The van der Waals surface area contributed by atoms with E-state index >= 15 is 0 Å². The standard InChI is InChI=1S/C22H33N5/c1-16(14-20(23)18-6-4-3-5-7-18)26-12-9-19(10-13-26)27-17(2)25-21-15-24-11-8-22(21)27/h3-7,16,19-20,24H,8-15,23H2,1-2H3/t16?,20-/m0/s1. The average molecular weight is 368 g/mol. The van der Waals surface area contributed by atoms with Gasteiger partial charge in [0, 0.05) is 56.4 Å². The minimum atomic E-state index is 0.120. The van der Waals surface area contributed by atoms with E-state index < -0.39 is 0 Å². The molecule has 1 aromatic carbocycles. The van der Waals surface area contributed by atoms with Crippen LogP contribution in [0.25, 0.3) is 0 Å². The smallest absolute Gasteiger partial charge is 0.106 e. The minimum absolute atomic E-state index is 0.120. The maximum absolute atomic E-state index is 6.46. The summed E-state index contributed by atoms with van der Waals surface area (Å²) < 4.78 is 2.55. The fraction of sp³-hybridized carbons (Fsp3) is 0.591. The highest BCUT2D eigenvalue weighted by Crippen LogP contribution is 2.30. The van der Waals surface area contributed by atoms with Crippen LogP contribution in [-0.4, -0.2) is 40.1 Å². The van der Waals surface area contributed by atoms with Gasteiger partial charge in [-0.1, -0.05) is 30.3 Å². The molecule has 4 rings (SSSR count). The Hall–Kier alpha value is -1.69. The molecule has 2 aliphatic heterocycles. The van der Waals surface area contributed by atoms with Gasteiger partial charge in [0.25, 0.3) is 0 Å². The van der Waals surface area contributed by atoms with Crippen LogP contribution >= 0.6 is 0 Å². The molecule has 2 aliphatic rings. The van der Waals surface area contributed by atoms with Crippen molar-refractivity contribution in [2.75, 3.05) is 19.6 Å². The lowest BCUT2D eigenvalue weighted by Crippen LogP contribution is -2.42.